The average Bonchev–Trinajstić information content (AvgIpc) is 3.10. The zero-order chi connectivity index (χ0) is 16.0. The van der Waals surface area contributed by atoms with Gasteiger partial charge in [0, 0.05) is 22.8 Å². The summed E-state index contributed by atoms with van der Waals surface area (Å²) in [4.78, 5) is 8.43. The fraction of sp³-hybridized carbons (Fsp3) is 0.125. The van der Waals surface area contributed by atoms with Crippen LogP contribution in [0.25, 0.3) is 22.1 Å². The number of anilines is 1. The molecular formula is C16H11Cl2N3O2. The van der Waals surface area contributed by atoms with Gasteiger partial charge in [-0.3, -0.25) is 4.98 Å². The number of fused-ring (bicyclic) bond motifs is 2. The molecule has 1 aromatic carbocycles. The number of hydrogen-bond donors (Lipinski definition) is 1. The summed E-state index contributed by atoms with van der Waals surface area (Å²) in [6, 6.07) is 7.31. The smallest absolute Gasteiger partial charge is 0.296 e. The van der Waals surface area contributed by atoms with Crippen molar-refractivity contribution in [3.63, 3.8) is 0 Å². The van der Waals surface area contributed by atoms with Crippen LogP contribution in [-0.2, 0) is 0 Å². The van der Waals surface area contributed by atoms with Crippen LogP contribution in [0.4, 0.5) is 6.01 Å². The van der Waals surface area contributed by atoms with E-state index in [1.165, 1.54) is 0 Å². The first-order valence-electron chi connectivity index (χ1n) is 6.96. The second-order valence-electron chi connectivity index (χ2n) is 5.18. The Morgan fingerprint density at radius 2 is 2.04 bits per heavy atom. The maximum absolute atomic E-state index is 6.11. The highest BCUT2D eigenvalue weighted by atomic mass is 35.5. The molecule has 0 fully saturated rings. The van der Waals surface area contributed by atoms with Crippen LogP contribution < -0.4 is 5.32 Å². The zero-order valence-corrected chi connectivity index (χ0v) is 13.5. The molecule has 0 saturated carbocycles. The predicted octanol–water partition coefficient (Wildman–Crippen LogP) is 5.45. The van der Waals surface area contributed by atoms with Crippen LogP contribution in [0.1, 0.15) is 18.7 Å². The van der Waals surface area contributed by atoms with E-state index in [2.05, 4.69) is 15.3 Å². The van der Waals surface area contributed by atoms with Crippen molar-refractivity contribution in [3.8, 4) is 0 Å². The Labute approximate surface area is 141 Å². The van der Waals surface area contributed by atoms with Gasteiger partial charge in [-0.25, -0.2) is 0 Å². The van der Waals surface area contributed by atoms with Gasteiger partial charge in [0.2, 0.25) is 0 Å². The Balaban J connectivity index is 1.65. The number of furan rings is 1. The molecule has 7 heteroatoms. The normalized spacial score (nSPS) is 12.8. The van der Waals surface area contributed by atoms with Crippen LogP contribution in [-0.4, -0.2) is 9.97 Å². The third kappa shape index (κ3) is 2.62. The van der Waals surface area contributed by atoms with E-state index in [-0.39, 0.29) is 6.04 Å². The largest absolute Gasteiger partial charge is 0.459 e. The molecule has 0 aliphatic rings. The lowest BCUT2D eigenvalue weighted by Crippen LogP contribution is -2.05. The maximum Gasteiger partial charge on any atom is 0.296 e. The highest BCUT2D eigenvalue weighted by Gasteiger charge is 2.16. The van der Waals surface area contributed by atoms with Crippen LogP contribution in [0, 0.1) is 0 Å². The summed E-state index contributed by atoms with van der Waals surface area (Å²) >= 11 is 12.1. The van der Waals surface area contributed by atoms with E-state index in [9.17, 15) is 0 Å². The van der Waals surface area contributed by atoms with Crippen LogP contribution in [0.5, 0.6) is 0 Å². The van der Waals surface area contributed by atoms with E-state index in [0.717, 1.165) is 16.7 Å². The van der Waals surface area contributed by atoms with Crippen molar-refractivity contribution in [3.05, 3.63) is 52.5 Å². The van der Waals surface area contributed by atoms with Crippen LogP contribution in [0.3, 0.4) is 0 Å². The quantitative estimate of drug-likeness (QED) is 0.533. The molecule has 0 aliphatic heterocycles. The summed E-state index contributed by atoms with van der Waals surface area (Å²) in [5.74, 6) is 0.763. The molecule has 116 valence electrons. The Morgan fingerprint density at radius 1 is 1.17 bits per heavy atom. The van der Waals surface area contributed by atoms with Gasteiger partial charge in [-0.15, -0.1) is 0 Å². The Bertz CT molecular complexity index is 976. The zero-order valence-electron chi connectivity index (χ0n) is 12.0. The first kappa shape index (κ1) is 14.4. The number of benzene rings is 1. The second kappa shape index (κ2) is 5.44. The van der Waals surface area contributed by atoms with Crippen molar-refractivity contribution in [1.29, 1.82) is 0 Å². The van der Waals surface area contributed by atoms with E-state index >= 15 is 0 Å². The number of pyridine rings is 1. The Hall–Kier alpha value is -2.24. The number of aromatic nitrogens is 2. The molecule has 4 aromatic rings. The topological polar surface area (TPSA) is 64.1 Å². The van der Waals surface area contributed by atoms with Gasteiger partial charge in [-0.05, 0) is 31.2 Å². The van der Waals surface area contributed by atoms with Crippen molar-refractivity contribution in [1.82, 2.24) is 9.97 Å². The van der Waals surface area contributed by atoms with Crippen molar-refractivity contribution < 1.29 is 8.83 Å². The van der Waals surface area contributed by atoms with E-state index in [1.807, 2.05) is 19.1 Å². The molecule has 5 nitrogen and oxygen atoms in total. The van der Waals surface area contributed by atoms with Gasteiger partial charge >= 0.3 is 0 Å². The number of hydrogen-bond acceptors (Lipinski definition) is 5. The minimum absolute atomic E-state index is 0.135. The maximum atomic E-state index is 6.11. The SMILES string of the molecule is CC(Nc1nc2cc(Cl)cc(Cl)c2o1)c1cc2cnccc2o1. The number of halogens is 2. The minimum atomic E-state index is -0.135. The average molecular weight is 348 g/mol. The van der Waals surface area contributed by atoms with Crippen molar-refractivity contribution >= 4 is 51.3 Å². The molecule has 0 bridgehead atoms. The van der Waals surface area contributed by atoms with E-state index < -0.39 is 0 Å². The minimum Gasteiger partial charge on any atom is -0.459 e. The molecule has 0 amide bonds. The second-order valence-corrected chi connectivity index (χ2v) is 6.03. The predicted molar refractivity (Wildman–Crippen MR) is 90.1 cm³/mol. The summed E-state index contributed by atoms with van der Waals surface area (Å²) in [6.07, 6.45) is 3.45. The van der Waals surface area contributed by atoms with Crippen LogP contribution >= 0.6 is 23.2 Å². The molecule has 3 heterocycles. The van der Waals surface area contributed by atoms with Crippen molar-refractivity contribution in [2.24, 2.45) is 0 Å². The molecular weight excluding hydrogens is 337 g/mol. The molecule has 4 rings (SSSR count). The lowest BCUT2D eigenvalue weighted by molar-refractivity contribution is 0.514. The summed E-state index contributed by atoms with van der Waals surface area (Å²) in [7, 11) is 0. The van der Waals surface area contributed by atoms with Gasteiger partial charge in [-0.2, -0.15) is 4.98 Å². The summed E-state index contributed by atoms with van der Waals surface area (Å²) in [5.41, 5.74) is 1.89. The standard InChI is InChI=1S/C16H11Cl2N3O2/c1-8(14-4-9-7-19-3-2-13(9)22-14)20-16-21-12-6-10(17)5-11(18)15(12)23-16/h2-8H,1H3,(H,20,21). The van der Waals surface area contributed by atoms with Gasteiger partial charge in [0.1, 0.15) is 16.9 Å². The molecule has 1 N–H and O–H groups in total. The van der Waals surface area contributed by atoms with Crippen LogP contribution in [0.2, 0.25) is 10.0 Å². The molecule has 0 aliphatic carbocycles. The van der Waals surface area contributed by atoms with Crippen molar-refractivity contribution in [2.45, 2.75) is 13.0 Å². The highest BCUT2D eigenvalue weighted by molar-refractivity contribution is 6.38. The lowest BCUT2D eigenvalue weighted by Gasteiger charge is -2.08. The molecule has 0 saturated heterocycles. The number of nitrogens with one attached hydrogen (secondary N) is 1. The van der Waals surface area contributed by atoms with Crippen molar-refractivity contribution in [2.75, 3.05) is 5.32 Å². The lowest BCUT2D eigenvalue weighted by atomic mass is 10.2. The number of oxazole rings is 1. The molecule has 23 heavy (non-hydrogen) atoms. The van der Waals surface area contributed by atoms with Gasteiger partial charge in [-0.1, -0.05) is 23.2 Å². The van der Waals surface area contributed by atoms with E-state index in [0.29, 0.717) is 27.2 Å². The number of rotatable bonds is 3. The van der Waals surface area contributed by atoms with Crippen LogP contribution in [0.15, 0.2) is 45.5 Å². The first-order chi connectivity index (χ1) is 11.1. The third-order valence-electron chi connectivity index (χ3n) is 3.51. The highest BCUT2D eigenvalue weighted by Crippen LogP contribution is 2.32. The fourth-order valence-electron chi connectivity index (χ4n) is 2.40. The first-order valence-corrected chi connectivity index (χ1v) is 7.71. The van der Waals surface area contributed by atoms with Gasteiger partial charge in [0.05, 0.1) is 11.1 Å². The summed E-state index contributed by atoms with van der Waals surface area (Å²) in [6.45, 7) is 1.95. The Kier molecular flexibility index (Phi) is 3.39. The van der Waals surface area contributed by atoms with Gasteiger partial charge in [0.25, 0.3) is 6.01 Å². The fourth-order valence-corrected chi connectivity index (χ4v) is 2.92. The molecule has 0 spiro atoms. The van der Waals surface area contributed by atoms with E-state index in [1.54, 1.807) is 24.5 Å². The molecule has 1 atom stereocenters. The number of nitrogens with zero attached hydrogens (tertiary/aromatic N) is 2. The summed E-state index contributed by atoms with van der Waals surface area (Å²) < 4.78 is 11.5. The molecule has 3 aromatic heterocycles. The van der Waals surface area contributed by atoms with E-state index in [4.69, 9.17) is 32.0 Å². The molecule has 0 radical (unpaired) electrons. The monoisotopic (exact) mass is 347 g/mol. The van der Waals surface area contributed by atoms with Gasteiger partial charge in [0.15, 0.2) is 5.58 Å². The third-order valence-corrected chi connectivity index (χ3v) is 4.01. The van der Waals surface area contributed by atoms with Gasteiger partial charge < -0.3 is 14.2 Å². The Morgan fingerprint density at radius 3 is 2.87 bits per heavy atom. The summed E-state index contributed by atoms with van der Waals surface area (Å²) in [5, 5.41) is 5.05. The molecule has 1 unspecified atom stereocenters.